The first kappa shape index (κ1) is 9.79. The summed E-state index contributed by atoms with van der Waals surface area (Å²) < 4.78 is 1.26. The summed E-state index contributed by atoms with van der Waals surface area (Å²) in [6.07, 6.45) is 3.51. The molecule has 0 saturated carbocycles. The van der Waals surface area contributed by atoms with Crippen molar-refractivity contribution in [2.45, 2.75) is 33.1 Å². The van der Waals surface area contributed by atoms with Gasteiger partial charge in [0.2, 0.25) is 0 Å². The summed E-state index contributed by atoms with van der Waals surface area (Å²) in [6.45, 7) is 4.39. The summed E-state index contributed by atoms with van der Waals surface area (Å²) in [5.41, 5.74) is 2.83. The van der Waals surface area contributed by atoms with Crippen molar-refractivity contribution < 1.29 is 0 Å². The number of hydrogen-bond donors (Lipinski definition) is 0. The highest BCUT2D eigenvalue weighted by Crippen LogP contribution is 2.19. The average Bonchev–Trinajstić information content (AvgIpc) is 2.05. The van der Waals surface area contributed by atoms with Crippen LogP contribution in [-0.4, -0.2) is 0 Å². The topological polar surface area (TPSA) is 0 Å². The maximum Gasteiger partial charge on any atom is 0.0209 e. The lowest BCUT2D eigenvalue weighted by Crippen LogP contribution is -1.87. The fourth-order valence-electron chi connectivity index (χ4n) is 1.32. The summed E-state index contributed by atoms with van der Waals surface area (Å²) >= 11 is 3.58. The van der Waals surface area contributed by atoms with Gasteiger partial charge in [0.05, 0.1) is 0 Å². The van der Waals surface area contributed by atoms with Gasteiger partial charge in [0, 0.05) is 4.47 Å². The molecule has 0 aliphatic carbocycles. The standard InChI is InChI=1S/C11H15Br/c1-3-5-9-6-7-10(4-2)11(12)8-9/h6-8H,3-5H2,1-2H3. The van der Waals surface area contributed by atoms with E-state index in [1.54, 1.807) is 0 Å². The Morgan fingerprint density at radius 3 is 2.50 bits per heavy atom. The van der Waals surface area contributed by atoms with Crippen molar-refractivity contribution in [3.05, 3.63) is 33.8 Å². The van der Waals surface area contributed by atoms with Gasteiger partial charge in [-0.05, 0) is 30.0 Å². The Morgan fingerprint density at radius 2 is 2.00 bits per heavy atom. The van der Waals surface area contributed by atoms with E-state index in [4.69, 9.17) is 0 Å². The molecule has 1 heteroatoms. The SMILES string of the molecule is CCCc1ccc(CC)c(Br)c1. The van der Waals surface area contributed by atoms with Crippen molar-refractivity contribution in [2.75, 3.05) is 0 Å². The summed E-state index contributed by atoms with van der Waals surface area (Å²) in [5, 5.41) is 0. The highest BCUT2D eigenvalue weighted by molar-refractivity contribution is 9.10. The second-order valence-electron chi connectivity index (χ2n) is 3.03. The van der Waals surface area contributed by atoms with Gasteiger partial charge in [-0.15, -0.1) is 0 Å². The summed E-state index contributed by atoms with van der Waals surface area (Å²) in [6, 6.07) is 6.69. The molecule has 0 radical (unpaired) electrons. The van der Waals surface area contributed by atoms with Gasteiger partial charge < -0.3 is 0 Å². The molecule has 0 saturated heterocycles. The maximum atomic E-state index is 3.58. The second-order valence-corrected chi connectivity index (χ2v) is 3.88. The van der Waals surface area contributed by atoms with Crippen LogP contribution in [0.15, 0.2) is 22.7 Å². The lowest BCUT2D eigenvalue weighted by molar-refractivity contribution is 0.918. The van der Waals surface area contributed by atoms with Gasteiger partial charge >= 0.3 is 0 Å². The van der Waals surface area contributed by atoms with Crippen LogP contribution in [0.3, 0.4) is 0 Å². The predicted molar refractivity (Wildman–Crippen MR) is 57.5 cm³/mol. The molecule has 0 atom stereocenters. The minimum atomic E-state index is 1.10. The number of hydrogen-bond acceptors (Lipinski definition) is 0. The Bertz CT molecular complexity index is 253. The Hall–Kier alpha value is -0.300. The third-order valence-electron chi connectivity index (χ3n) is 2.04. The van der Waals surface area contributed by atoms with Crippen LogP contribution in [0.25, 0.3) is 0 Å². The Morgan fingerprint density at radius 1 is 1.25 bits per heavy atom. The molecule has 0 aliphatic rings. The third-order valence-corrected chi connectivity index (χ3v) is 2.78. The van der Waals surface area contributed by atoms with Gasteiger partial charge in [0.15, 0.2) is 0 Å². The van der Waals surface area contributed by atoms with E-state index in [0.29, 0.717) is 0 Å². The van der Waals surface area contributed by atoms with Crippen LogP contribution in [-0.2, 0) is 12.8 Å². The highest BCUT2D eigenvalue weighted by Gasteiger charge is 1.98. The molecular weight excluding hydrogens is 212 g/mol. The fourth-order valence-corrected chi connectivity index (χ4v) is 2.03. The minimum Gasteiger partial charge on any atom is -0.0651 e. The first-order valence-electron chi connectivity index (χ1n) is 4.55. The molecule has 0 heterocycles. The molecule has 1 aromatic carbocycles. The van der Waals surface area contributed by atoms with Crippen molar-refractivity contribution in [1.29, 1.82) is 0 Å². The van der Waals surface area contributed by atoms with E-state index in [0.717, 1.165) is 6.42 Å². The molecule has 0 nitrogen and oxygen atoms in total. The molecule has 0 spiro atoms. The van der Waals surface area contributed by atoms with E-state index in [2.05, 4.69) is 48.0 Å². The molecule has 12 heavy (non-hydrogen) atoms. The van der Waals surface area contributed by atoms with Crippen LogP contribution in [0.2, 0.25) is 0 Å². The molecule has 0 amide bonds. The quantitative estimate of drug-likeness (QED) is 0.733. The zero-order chi connectivity index (χ0) is 8.97. The van der Waals surface area contributed by atoms with E-state index in [9.17, 15) is 0 Å². The zero-order valence-corrected chi connectivity index (χ0v) is 9.32. The van der Waals surface area contributed by atoms with Gasteiger partial charge in [-0.3, -0.25) is 0 Å². The van der Waals surface area contributed by atoms with E-state index < -0.39 is 0 Å². The lowest BCUT2D eigenvalue weighted by Gasteiger charge is -2.03. The van der Waals surface area contributed by atoms with Crippen LogP contribution in [0.5, 0.6) is 0 Å². The smallest absolute Gasteiger partial charge is 0.0209 e. The summed E-state index contributed by atoms with van der Waals surface area (Å²) in [7, 11) is 0. The third kappa shape index (κ3) is 2.34. The number of rotatable bonds is 3. The first-order valence-corrected chi connectivity index (χ1v) is 5.34. The largest absolute Gasteiger partial charge is 0.0651 e. The van der Waals surface area contributed by atoms with Crippen LogP contribution >= 0.6 is 15.9 Å². The molecule has 0 bridgehead atoms. The van der Waals surface area contributed by atoms with Gasteiger partial charge in [-0.2, -0.15) is 0 Å². The van der Waals surface area contributed by atoms with Gasteiger partial charge in [-0.25, -0.2) is 0 Å². The lowest BCUT2D eigenvalue weighted by atomic mass is 10.1. The maximum absolute atomic E-state index is 3.58. The summed E-state index contributed by atoms with van der Waals surface area (Å²) in [4.78, 5) is 0. The van der Waals surface area contributed by atoms with Crippen LogP contribution in [0.1, 0.15) is 31.4 Å². The molecule has 0 fully saturated rings. The highest BCUT2D eigenvalue weighted by atomic mass is 79.9. The molecule has 0 N–H and O–H groups in total. The number of aryl methyl sites for hydroxylation is 2. The van der Waals surface area contributed by atoms with E-state index in [-0.39, 0.29) is 0 Å². The van der Waals surface area contributed by atoms with Crippen LogP contribution in [0.4, 0.5) is 0 Å². The number of halogens is 1. The van der Waals surface area contributed by atoms with Gasteiger partial charge in [-0.1, -0.05) is 48.3 Å². The Kier molecular flexibility index (Phi) is 3.80. The van der Waals surface area contributed by atoms with Crippen molar-refractivity contribution in [2.24, 2.45) is 0 Å². The van der Waals surface area contributed by atoms with E-state index in [1.165, 1.54) is 28.4 Å². The molecule has 1 rings (SSSR count). The first-order chi connectivity index (χ1) is 5.77. The van der Waals surface area contributed by atoms with Crippen LogP contribution in [0, 0.1) is 0 Å². The normalized spacial score (nSPS) is 10.2. The van der Waals surface area contributed by atoms with Crippen molar-refractivity contribution >= 4 is 15.9 Å². The minimum absolute atomic E-state index is 1.10. The van der Waals surface area contributed by atoms with Crippen molar-refractivity contribution in [3.8, 4) is 0 Å². The van der Waals surface area contributed by atoms with E-state index >= 15 is 0 Å². The molecular formula is C11H15Br. The zero-order valence-electron chi connectivity index (χ0n) is 7.73. The second kappa shape index (κ2) is 4.66. The Labute approximate surface area is 83.1 Å². The van der Waals surface area contributed by atoms with Crippen molar-refractivity contribution in [3.63, 3.8) is 0 Å². The predicted octanol–water partition coefficient (Wildman–Crippen LogP) is 3.96. The Balaban J connectivity index is 2.86. The van der Waals surface area contributed by atoms with Crippen LogP contribution < -0.4 is 0 Å². The average molecular weight is 227 g/mol. The van der Waals surface area contributed by atoms with E-state index in [1.807, 2.05) is 0 Å². The molecule has 1 aromatic rings. The van der Waals surface area contributed by atoms with Gasteiger partial charge in [0.25, 0.3) is 0 Å². The molecule has 0 unspecified atom stereocenters. The summed E-state index contributed by atoms with van der Waals surface area (Å²) in [5.74, 6) is 0. The fraction of sp³-hybridized carbons (Fsp3) is 0.455. The number of benzene rings is 1. The monoisotopic (exact) mass is 226 g/mol. The van der Waals surface area contributed by atoms with Crippen molar-refractivity contribution in [1.82, 2.24) is 0 Å². The van der Waals surface area contributed by atoms with Gasteiger partial charge in [0.1, 0.15) is 0 Å². The molecule has 0 aromatic heterocycles. The molecule has 0 aliphatic heterocycles. The molecule has 66 valence electrons.